The summed E-state index contributed by atoms with van der Waals surface area (Å²) in [5.74, 6) is -0.0776. The number of nitrogens with one attached hydrogen (secondary N) is 2. The summed E-state index contributed by atoms with van der Waals surface area (Å²) in [6, 6.07) is 8.97. The maximum absolute atomic E-state index is 13.3. The number of hydrogen-bond acceptors (Lipinski definition) is 4. The first-order valence-corrected chi connectivity index (χ1v) is 11.7. The van der Waals surface area contributed by atoms with E-state index in [0.29, 0.717) is 19.8 Å². The summed E-state index contributed by atoms with van der Waals surface area (Å²) >= 11 is 0. The third kappa shape index (κ3) is 5.88. The van der Waals surface area contributed by atoms with Crippen LogP contribution in [0.2, 0.25) is 0 Å². The van der Waals surface area contributed by atoms with Crippen molar-refractivity contribution in [3.8, 4) is 0 Å². The van der Waals surface area contributed by atoms with E-state index >= 15 is 0 Å². The molecule has 32 heavy (non-hydrogen) atoms. The Hall–Kier alpha value is -2.87. The van der Waals surface area contributed by atoms with Crippen LogP contribution in [0.4, 0.5) is 4.79 Å². The molecule has 8 nitrogen and oxygen atoms in total. The van der Waals surface area contributed by atoms with Crippen molar-refractivity contribution in [1.29, 1.82) is 0 Å². The van der Waals surface area contributed by atoms with E-state index in [1.165, 1.54) is 6.42 Å². The first kappa shape index (κ1) is 22.3. The van der Waals surface area contributed by atoms with Gasteiger partial charge in [0.1, 0.15) is 6.04 Å². The lowest BCUT2D eigenvalue weighted by molar-refractivity contribution is -0.126. The highest BCUT2D eigenvalue weighted by atomic mass is 16.5. The monoisotopic (exact) mass is 439 g/mol. The van der Waals surface area contributed by atoms with E-state index in [0.717, 1.165) is 44.2 Å². The van der Waals surface area contributed by atoms with Crippen molar-refractivity contribution in [2.24, 2.45) is 0 Å². The lowest BCUT2D eigenvalue weighted by Crippen LogP contribution is -2.53. The minimum atomic E-state index is -0.567. The van der Waals surface area contributed by atoms with E-state index in [1.54, 1.807) is 17.4 Å². The van der Waals surface area contributed by atoms with Crippen LogP contribution in [0.3, 0.4) is 0 Å². The summed E-state index contributed by atoms with van der Waals surface area (Å²) in [7, 11) is 0. The molecule has 1 aliphatic carbocycles. The number of imidazole rings is 1. The Balaban J connectivity index is 1.38. The van der Waals surface area contributed by atoms with Gasteiger partial charge in [0.2, 0.25) is 5.91 Å². The Morgan fingerprint density at radius 1 is 1.16 bits per heavy atom. The third-order valence-electron chi connectivity index (χ3n) is 6.29. The molecule has 2 aliphatic rings. The van der Waals surface area contributed by atoms with E-state index in [4.69, 9.17) is 4.74 Å². The van der Waals surface area contributed by atoms with Crippen molar-refractivity contribution in [2.75, 3.05) is 13.2 Å². The molecule has 4 rings (SSSR count). The van der Waals surface area contributed by atoms with Gasteiger partial charge in [0.25, 0.3) is 0 Å². The number of aromatic nitrogens is 2. The molecule has 1 aliphatic heterocycles. The highest BCUT2D eigenvalue weighted by Gasteiger charge is 2.44. The molecule has 3 amide bonds. The first-order chi connectivity index (χ1) is 15.7. The maximum atomic E-state index is 13.3. The molecule has 2 heterocycles. The fourth-order valence-electron chi connectivity index (χ4n) is 4.62. The van der Waals surface area contributed by atoms with Crippen LogP contribution >= 0.6 is 0 Å². The van der Waals surface area contributed by atoms with Gasteiger partial charge in [-0.2, -0.15) is 0 Å². The molecular formula is C24H33N5O3. The van der Waals surface area contributed by atoms with Crippen molar-refractivity contribution in [1.82, 2.24) is 25.1 Å². The fraction of sp³-hybridized carbons (Fsp3) is 0.542. The van der Waals surface area contributed by atoms with E-state index in [2.05, 4.69) is 15.6 Å². The number of rotatable bonds is 10. The van der Waals surface area contributed by atoms with Gasteiger partial charge in [-0.05, 0) is 24.8 Å². The van der Waals surface area contributed by atoms with Crippen LogP contribution in [0.1, 0.15) is 44.1 Å². The fourth-order valence-corrected chi connectivity index (χ4v) is 4.62. The van der Waals surface area contributed by atoms with Gasteiger partial charge in [0.15, 0.2) is 0 Å². The summed E-state index contributed by atoms with van der Waals surface area (Å²) in [6.07, 6.45) is 11.7. The normalized spacial score (nSPS) is 21.5. The molecule has 8 heteroatoms. The molecule has 1 saturated heterocycles. The largest absolute Gasteiger partial charge is 0.375 e. The second-order valence-corrected chi connectivity index (χ2v) is 8.69. The molecule has 2 atom stereocenters. The summed E-state index contributed by atoms with van der Waals surface area (Å²) < 4.78 is 7.88. The smallest absolute Gasteiger partial charge is 0.318 e. The van der Waals surface area contributed by atoms with E-state index in [-0.39, 0.29) is 24.0 Å². The molecule has 2 aromatic rings. The zero-order valence-electron chi connectivity index (χ0n) is 18.5. The number of aryl methyl sites for hydroxylation is 1. The average molecular weight is 440 g/mol. The van der Waals surface area contributed by atoms with Gasteiger partial charge >= 0.3 is 6.03 Å². The molecule has 1 aromatic carbocycles. The topological polar surface area (TPSA) is 88.5 Å². The zero-order chi connectivity index (χ0) is 22.2. The predicted molar refractivity (Wildman–Crippen MR) is 121 cm³/mol. The highest BCUT2D eigenvalue weighted by Crippen LogP contribution is 2.20. The highest BCUT2D eigenvalue weighted by molar-refractivity contribution is 5.91. The Kier molecular flexibility index (Phi) is 7.77. The molecule has 1 aromatic heterocycles. The quantitative estimate of drug-likeness (QED) is 0.596. The number of benzene rings is 1. The number of carbonyl (C=O) groups is 2. The molecule has 2 N–H and O–H groups in total. The van der Waals surface area contributed by atoms with Crippen LogP contribution in [0.25, 0.3) is 0 Å². The van der Waals surface area contributed by atoms with Crippen molar-refractivity contribution >= 4 is 11.9 Å². The number of ether oxygens (including phenoxy) is 1. The Morgan fingerprint density at radius 3 is 2.72 bits per heavy atom. The van der Waals surface area contributed by atoms with Crippen LogP contribution in [0.5, 0.6) is 0 Å². The second kappa shape index (κ2) is 11.1. The Morgan fingerprint density at radius 2 is 1.97 bits per heavy atom. The minimum Gasteiger partial charge on any atom is -0.375 e. The average Bonchev–Trinajstić information content (AvgIpc) is 3.43. The van der Waals surface area contributed by atoms with E-state index in [9.17, 15) is 9.59 Å². The van der Waals surface area contributed by atoms with Gasteiger partial charge in [0.05, 0.1) is 25.6 Å². The van der Waals surface area contributed by atoms with Crippen LogP contribution in [-0.4, -0.2) is 57.7 Å². The summed E-state index contributed by atoms with van der Waals surface area (Å²) in [6.45, 7) is 1.99. The third-order valence-corrected chi connectivity index (χ3v) is 6.29. The van der Waals surface area contributed by atoms with Crippen molar-refractivity contribution < 1.29 is 14.3 Å². The van der Waals surface area contributed by atoms with Gasteiger partial charge < -0.3 is 24.8 Å². The second-order valence-electron chi connectivity index (χ2n) is 8.69. The van der Waals surface area contributed by atoms with Crippen LogP contribution in [-0.2, 0) is 22.7 Å². The van der Waals surface area contributed by atoms with E-state index < -0.39 is 6.04 Å². The van der Waals surface area contributed by atoms with Crippen molar-refractivity contribution in [3.05, 3.63) is 54.6 Å². The van der Waals surface area contributed by atoms with Crippen LogP contribution in [0, 0.1) is 0 Å². The minimum absolute atomic E-state index is 0.0776. The summed E-state index contributed by atoms with van der Waals surface area (Å²) in [5.41, 5.74) is 1.07. The van der Waals surface area contributed by atoms with Gasteiger partial charge in [-0.3, -0.25) is 4.79 Å². The van der Waals surface area contributed by atoms with Gasteiger partial charge in [-0.1, -0.05) is 49.6 Å². The number of nitrogens with zero attached hydrogens (tertiary/aromatic N) is 3. The van der Waals surface area contributed by atoms with Crippen LogP contribution < -0.4 is 10.6 Å². The molecule has 2 fully saturated rings. The molecule has 172 valence electrons. The molecule has 0 radical (unpaired) electrons. The first-order valence-electron chi connectivity index (χ1n) is 11.7. The standard InChI is InChI=1S/C24H33N5O3/c30-23(26-20-10-5-2-6-11-20)22-21(17-32-16-19-8-3-1-4-9-19)27-24(31)29(22)14-7-13-28-15-12-25-18-28/h1,3-4,8-9,12,15,18,20-22H,2,5-7,10-11,13-14,16-17H2,(H,26,30)(H,27,31). The summed E-state index contributed by atoms with van der Waals surface area (Å²) in [5, 5.41) is 6.19. The lowest BCUT2D eigenvalue weighted by atomic mass is 9.95. The van der Waals surface area contributed by atoms with E-state index in [1.807, 2.05) is 41.1 Å². The van der Waals surface area contributed by atoms with Crippen LogP contribution in [0.15, 0.2) is 49.1 Å². The molecule has 0 spiro atoms. The summed E-state index contributed by atoms with van der Waals surface area (Å²) in [4.78, 5) is 31.8. The van der Waals surface area contributed by atoms with Gasteiger partial charge in [-0.25, -0.2) is 9.78 Å². The molecular weight excluding hydrogens is 406 g/mol. The number of urea groups is 1. The Bertz CT molecular complexity index is 852. The molecule has 0 bridgehead atoms. The van der Waals surface area contributed by atoms with Crippen molar-refractivity contribution in [2.45, 2.75) is 69.8 Å². The van der Waals surface area contributed by atoms with Gasteiger partial charge in [0, 0.05) is 31.5 Å². The molecule has 1 saturated carbocycles. The number of amides is 3. The predicted octanol–water partition coefficient (Wildman–Crippen LogP) is 2.70. The maximum Gasteiger partial charge on any atom is 0.318 e. The van der Waals surface area contributed by atoms with Crippen molar-refractivity contribution in [3.63, 3.8) is 0 Å². The Labute approximate surface area is 189 Å². The molecule has 2 unspecified atom stereocenters. The SMILES string of the molecule is O=C(NC1CCCCC1)C1C(COCc2ccccc2)NC(=O)N1CCCn1ccnc1. The number of carbonyl (C=O) groups excluding carboxylic acids is 2. The van der Waals surface area contributed by atoms with Gasteiger partial charge in [-0.15, -0.1) is 0 Å². The number of hydrogen-bond donors (Lipinski definition) is 2. The zero-order valence-corrected chi connectivity index (χ0v) is 18.5. The lowest BCUT2D eigenvalue weighted by Gasteiger charge is -2.29.